The fourth-order valence-corrected chi connectivity index (χ4v) is 3.42. The summed E-state index contributed by atoms with van der Waals surface area (Å²) in [5, 5.41) is 2.88. The molecule has 1 amide bonds. The van der Waals surface area contributed by atoms with E-state index in [9.17, 15) is 31.1 Å². The molecule has 0 fully saturated rings. The minimum absolute atomic E-state index is 0.0280. The SMILES string of the molecule is Cc1nc(-c2ccco2)sc1CNC(=O)c1cc(C(F)(F)F)cc(C(F)(F)F)c1. The number of hydrogen-bond donors (Lipinski definition) is 1. The van der Waals surface area contributed by atoms with Gasteiger partial charge in [-0.25, -0.2) is 4.98 Å². The number of nitrogens with one attached hydrogen (secondary N) is 1. The zero-order valence-electron chi connectivity index (χ0n) is 14.6. The fourth-order valence-electron chi connectivity index (χ4n) is 2.45. The molecule has 3 rings (SSSR count). The lowest BCUT2D eigenvalue weighted by Gasteiger charge is -2.14. The second-order valence-electron chi connectivity index (χ2n) is 5.98. The van der Waals surface area contributed by atoms with Crippen molar-refractivity contribution in [3.05, 3.63) is 63.9 Å². The van der Waals surface area contributed by atoms with E-state index in [1.54, 1.807) is 19.1 Å². The van der Waals surface area contributed by atoms with E-state index in [0.29, 0.717) is 33.5 Å². The monoisotopic (exact) mass is 434 g/mol. The highest BCUT2D eigenvalue weighted by molar-refractivity contribution is 7.15. The molecule has 0 unspecified atom stereocenters. The van der Waals surface area contributed by atoms with Crippen LogP contribution in [0.1, 0.15) is 32.1 Å². The van der Waals surface area contributed by atoms with Gasteiger partial charge in [-0.3, -0.25) is 4.79 Å². The summed E-state index contributed by atoms with van der Waals surface area (Å²) in [6.07, 6.45) is -8.59. The van der Waals surface area contributed by atoms with E-state index in [-0.39, 0.29) is 12.6 Å². The van der Waals surface area contributed by atoms with Gasteiger partial charge in [-0.1, -0.05) is 0 Å². The first-order chi connectivity index (χ1) is 13.4. The third kappa shape index (κ3) is 4.78. The Bertz CT molecular complexity index is 990. The first-order valence-corrected chi connectivity index (χ1v) is 8.84. The van der Waals surface area contributed by atoms with E-state index in [1.807, 2.05) is 0 Å². The third-order valence-corrected chi connectivity index (χ3v) is 5.06. The van der Waals surface area contributed by atoms with E-state index in [0.717, 1.165) is 0 Å². The number of aromatic nitrogens is 1. The number of carbonyl (C=O) groups is 1. The molecule has 0 radical (unpaired) electrons. The molecular weight excluding hydrogens is 422 g/mol. The van der Waals surface area contributed by atoms with Crippen molar-refractivity contribution in [2.75, 3.05) is 0 Å². The average molecular weight is 434 g/mol. The Morgan fingerprint density at radius 2 is 1.72 bits per heavy atom. The quantitative estimate of drug-likeness (QED) is 0.538. The molecule has 0 saturated carbocycles. The molecule has 154 valence electrons. The van der Waals surface area contributed by atoms with Crippen LogP contribution in [0.3, 0.4) is 0 Å². The Balaban J connectivity index is 1.82. The van der Waals surface area contributed by atoms with Crippen molar-refractivity contribution >= 4 is 17.2 Å². The molecule has 0 atom stereocenters. The number of benzene rings is 1. The molecule has 1 aromatic carbocycles. The number of carbonyl (C=O) groups excluding carboxylic acids is 1. The van der Waals surface area contributed by atoms with Crippen LogP contribution in [0.25, 0.3) is 10.8 Å². The highest BCUT2D eigenvalue weighted by Crippen LogP contribution is 2.36. The number of hydrogen-bond acceptors (Lipinski definition) is 4. The molecule has 1 N–H and O–H groups in total. The van der Waals surface area contributed by atoms with Crippen molar-refractivity contribution in [1.82, 2.24) is 10.3 Å². The molecule has 0 spiro atoms. The van der Waals surface area contributed by atoms with Gasteiger partial charge in [-0.2, -0.15) is 26.3 Å². The number of nitrogens with zero attached hydrogens (tertiary/aromatic N) is 1. The Labute approximate surface area is 164 Å². The van der Waals surface area contributed by atoms with E-state index in [2.05, 4.69) is 10.3 Å². The summed E-state index contributed by atoms with van der Waals surface area (Å²) in [4.78, 5) is 17.1. The zero-order chi connectivity index (χ0) is 21.4. The van der Waals surface area contributed by atoms with Gasteiger partial charge in [0.15, 0.2) is 10.8 Å². The van der Waals surface area contributed by atoms with E-state index in [4.69, 9.17) is 4.42 Å². The van der Waals surface area contributed by atoms with Crippen molar-refractivity contribution < 1.29 is 35.6 Å². The number of alkyl halides is 6. The lowest BCUT2D eigenvalue weighted by Crippen LogP contribution is -2.24. The number of aryl methyl sites for hydroxylation is 1. The van der Waals surface area contributed by atoms with Gasteiger partial charge < -0.3 is 9.73 Å². The van der Waals surface area contributed by atoms with Crippen molar-refractivity contribution in [2.45, 2.75) is 25.8 Å². The number of rotatable bonds is 4. The van der Waals surface area contributed by atoms with Gasteiger partial charge in [0.25, 0.3) is 5.91 Å². The van der Waals surface area contributed by atoms with Crippen LogP contribution in [0.2, 0.25) is 0 Å². The Morgan fingerprint density at radius 1 is 1.10 bits per heavy atom. The number of halogens is 6. The van der Waals surface area contributed by atoms with E-state index in [1.165, 1.54) is 17.6 Å². The van der Waals surface area contributed by atoms with Gasteiger partial charge >= 0.3 is 12.4 Å². The van der Waals surface area contributed by atoms with Crippen LogP contribution >= 0.6 is 11.3 Å². The first kappa shape index (κ1) is 20.9. The van der Waals surface area contributed by atoms with Crippen LogP contribution < -0.4 is 5.32 Å². The largest absolute Gasteiger partial charge is 0.462 e. The van der Waals surface area contributed by atoms with Crippen LogP contribution in [0.5, 0.6) is 0 Å². The van der Waals surface area contributed by atoms with Crippen LogP contribution in [-0.2, 0) is 18.9 Å². The normalized spacial score (nSPS) is 12.2. The molecule has 3 aromatic rings. The smallest absolute Gasteiger partial charge is 0.416 e. The summed E-state index contributed by atoms with van der Waals surface area (Å²) in [6, 6.07) is 4.10. The van der Waals surface area contributed by atoms with E-state index >= 15 is 0 Å². The van der Waals surface area contributed by atoms with Crippen molar-refractivity contribution in [1.29, 1.82) is 0 Å². The van der Waals surface area contributed by atoms with Crippen LogP contribution in [-0.4, -0.2) is 10.9 Å². The van der Waals surface area contributed by atoms with Crippen molar-refractivity contribution in [3.8, 4) is 10.8 Å². The van der Waals surface area contributed by atoms with Crippen LogP contribution in [0.4, 0.5) is 26.3 Å². The predicted molar refractivity (Wildman–Crippen MR) is 92.2 cm³/mol. The van der Waals surface area contributed by atoms with Crippen molar-refractivity contribution in [2.24, 2.45) is 0 Å². The molecule has 2 aromatic heterocycles. The maximum atomic E-state index is 12.9. The zero-order valence-corrected chi connectivity index (χ0v) is 15.4. The molecule has 29 heavy (non-hydrogen) atoms. The lowest BCUT2D eigenvalue weighted by atomic mass is 10.0. The summed E-state index contributed by atoms with van der Waals surface area (Å²) in [5.41, 5.74) is -3.28. The van der Waals surface area contributed by atoms with Gasteiger partial charge in [-0.05, 0) is 37.3 Å². The molecular formula is C18H12F6N2O2S. The molecule has 0 aliphatic rings. The lowest BCUT2D eigenvalue weighted by molar-refractivity contribution is -0.143. The number of furan rings is 1. The van der Waals surface area contributed by atoms with Gasteiger partial charge in [-0.15, -0.1) is 11.3 Å². The summed E-state index contributed by atoms with van der Waals surface area (Å²) < 4.78 is 82.8. The summed E-state index contributed by atoms with van der Waals surface area (Å²) in [7, 11) is 0. The molecule has 0 bridgehead atoms. The predicted octanol–water partition coefficient (Wildman–Crippen LogP) is 5.68. The third-order valence-electron chi connectivity index (χ3n) is 3.88. The minimum atomic E-state index is -5.03. The molecule has 4 nitrogen and oxygen atoms in total. The highest BCUT2D eigenvalue weighted by Gasteiger charge is 2.37. The Hall–Kier alpha value is -2.82. The van der Waals surface area contributed by atoms with Gasteiger partial charge in [0, 0.05) is 10.4 Å². The van der Waals surface area contributed by atoms with Gasteiger partial charge in [0.1, 0.15) is 0 Å². The second-order valence-corrected chi connectivity index (χ2v) is 7.07. The Morgan fingerprint density at radius 3 is 2.24 bits per heavy atom. The standard InChI is InChI=1S/C18H12F6N2O2S/c1-9-14(29-16(26-9)13-3-2-4-28-13)8-25-15(27)10-5-11(17(19,20)21)7-12(6-10)18(22,23)24/h2-7H,8H2,1H3,(H,25,27). The highest BCUT2D eigenvalue weighted by atomic mass is 32.1. The summed E-state index contributed by atoms with van der Waals surface area (Å²) in [5.74, 6) is -0.558. The molecule has 0 saturated heterocycles. The van der Waals surface area contributed by atoms with Gasteiger partial charge in [0.2, 0.25) is 0 Å². The average Bonchev–Trinajstić information content (AvgIpc) is 3.27. The van der Waals surface area contributed by atoms with Crippen LogP contribution in [0, 0.1) is 6.92 Å². The number of amides is 1. The summed E-state index contributed by atoms with van der Waals surface area (Å²) >= 11 is 1.19. The fraction of sp³-hybridized carbons (Fsp3) is 0.222. The van der Waals surface area contributed by atoms with Crippen molar-refractivity contribution in [3.63, 3.8) is 0 Å². The number of thiazole rings is 1. The molecule has 2 heterocycles. The molecule has 0 aliphatic carbocycles. The van der Waals surface area contributed by atoms with E-state index < -0.39 is 35.0 Å². The molecule has 0 aliphatic heterocycles. The molecule has 11 heteroatoms. The first-order valence-electron chi connectivity index (χ1n) is 8.03. The Kier molecular flexibility index (Phi) is 5.44. The van der Waals surface area contributed by atoms with Crippen LogP contribution in [0.15, 0.2) is 41.0 Å². The maximum absolute atomic E-state index is 12.9. The second kappa shape index (κ2) is 7.54. The summed E-state index contributed by atoms with van der Waals surface area (Å²) in [6.45, 7) is 1.55. The van der Waals surface area contributed by atoms with Gasteiger partial charge in [0.05, 0.1) is 29.6 Å². The minimum Gasteiger partial charge on any atom is -0.462 e. The maximum Gasteiger partial charge on any atom is 0.416 e. The topological polar surface area (TPSA) is 55.1 Å².